The summed E-state index contributed by atoms with van der Waals surface area (Å²) in [5.74, 6) is -2.09. The molecule has 0 bridgehead atoms. The SMILES string of the molecule is N#C[C@@H]1C[C@H]1C(F)(F)F. The standard InChI is InChI=1S/C5H4F3N/c6-5(7,8)4-1-3(4)2-9/h3-4H,1H2/t3-,4+/m0/s1. The minimum absolute atomic E-state index is 0. The fraction of sp³-hybridized carbons (Fsp3) is 0.800. The first-order valence-corrected chi connectivity index (χ1v) is 2.52. The Hall–Kier alpha value is -0.720. The van der Waals surface area contributed by atoms with Crippen LogP contribution in [0.3, 0.4) is 0 Å². The van der Waals surface area contributed by atoms with E-state index >= 15 is 0 Å². The van der Waals surface area contributed by atoms with Crippen molar-refractivity contribution in [2.24, 2.45) is 11.8 Å². The highest BCUT2D eigenvalue weighted by Crippen LogP contribution is 2.49. The Balaban J connectivity index is 2.45. The van der Waals surface area contributed by atoms with Crippen molar-refractivity contribution >= 4 is 0 Å². The molecule has 50 valence electrons. The van der Waals surface area contributed by atoms with Crippen LogP contribution in [0.2, 0.25) is 0 Å². The summed E-state index contributed by atoms with van der Waals surface area (Å²) in [5.41, 5.74) is 0. The molecule has 0 aromatic carbocycles. The molecular weight excluding hydrogens is 131 g/mol. The predicted octanol–water partition coefficient (Wildman–Crippen LogP) is 1.71. The lowest BCUT2D eigenvalue weighted by Gasteiger charge is -2.00. The third-order valence-electron chi connectivity index (χ3n) is 1.38. The van der Waals surface area contributed by atoms with Gasteiger partial charge in [-0.1, -0.05) is 0 Å². The molecule has 1 aliphatic rings. The lowest BCUT2D eigenvalue weighted by molar-refractivity contribution is -0.149. The van der Waals surface area contributed by atoms with Gasteiger partial charge in [-0.3, -0.25) is 0 Å². The Morgan fingerprint density at radius 1 is 1.44 bits per heavy atom. The maximum absolute atomic E-state index is 11.5. The van der Waals surface area contributed by atoms with Crippen LogP contribution in [0.15, 0.2) is 0 Å². The second-order valence-corrected chi connectivity index (χ2v) is 2.12. The number of alkyl halides is 3. The van der Waals surface area contributed by atoms with E-state index in [0.29, 0.717) is 0 Å². The van der Waals surface area contributed by atoms with Gasteiger partial charge in [0, 0.05) is 0 Å². The molecule has 4 heteroatoms. The van der Waals surface area contributed by atoms with Crippen molar-refractivity contribution in [3.8, 4) is 6.07 Å². The van der Waals surface area contributed by atoms with Crippen LogP contribution in [0, 0.1) is 23.2 Å². The molecule has 0 amide bonds. The zero-order chi connectivity index (χ0) is 7.07. The van der Waals surface area contributed by atoms with Crippen LogP contribution in [0.4, 0.5) is 13.2 Å². The molecule has 1 fully saturated rings. The lowest BCUT2D eigenvalue weighted by atomic mass is 10.3. The first-order chi connectivity index (χ1) is 4.05. The molecule has 2 atom stereocenters. The van der Waals surface area contributed by atoms with E-state index in [1.54, 1.807) is 6.07 Å². The summed E-state index contributed by atoms with van der Waals surface area (Å²) in [6, 6.07) is 1.58. The molecule has 1 saturated carbocycles. The van der Waals surface area contributed by atoms with Crippen molar-refractivity contribution in [2.45, 2.75) is 12.6 Å². The molecule has 0 spiro atoms. The number of hydrogen-bond donors (Lipinski definition) is 0. The molecule has 1 aliphatic carbocycles. The van der Waals surface area contributed by atoms with Crippen LogP contribution < -0.4 is 0 Å². The molecule has 0 N–H and O–H groups in total. The van der Waals surface area contributed by atoms with Gasteiger partial charge < -0.3 is 0 Å². The number of rotatable bonds is 0. The van der Waals surface area contributed by atoms with Gasteiger partial charge in [0.1, 0.15) is 0 Å². The van der Waals surface area contributed by atoms with E-state index in [4.69, 9.17) is 5.26 Å². The Labute approximate surface area is 50.1 Å². The summed E-state index contributed by atoms with van der Waals surface area (Å²) in [5, 5.41) is 7.99. The molecule has 1 nitrogen and oxygen atoms in total. The minimum Gasteiger partial charge on any atom is -0.198 e. The largest absolute Gasteiger partial charge is 0.393 e. The molecule has 9 heavy (non-hydrogen) atoms. The second-order valence-electron chi connectivity index (χ2n) is 2.12. The summed E-state index contributed by atoms with van der Waals surface area (Å²) < 4.78 is 34.6. The number of nitrogens with zero attached hydrogens (tertiary/aromatic N) is 1. The summed E-state index contributed by atoms with van der Waals surface area (Å²) in [6.45, 7) is 0. The Morgan fingerprint density at radius 2 is 2.00 bits per heavy atom. The van der Waals surface area contributed by atoms with E-state index in [-0.39, 0.29) is 6.42 Å². The normalized spacial score (nSPS) is 33.6. The van der Waals surface area contributed by atoms with Gasteiger partial charge in [0.05, 0.1) is 17.9 Å². The average molecular weight is 135 g/mol. The number of halogens is 3. The monoisotopic (exact) mass is 135 g/mol. The van der Waals surface area contributed by atoms with E-state index < -0.39 is 18.0 Å². The van der Waals surface area contributed by atoms with E-state index in [2.05, 4.69) is 0 Å². The van der Waals surface area contributed by atoms with Crippen LogP contribution >= 0.6 is 0 Å². The van der Waals surface area contributed by atoms with Crippen molar-refractivity contribution in [1.29, 1.82) is 5.26 Å². The quantitative estimate of drug-likeness (QED) is 0.496. The molecule has 0 aromatic rings. The smallest absolute Gasteiger partial charge is 0.198 e. The highest BCUT2D eigenvalue weighted by atomic mass is 19.4. The minimum atomic E-state index is -4.14. The van der Waals surface area contributed by atoms with Crippen molar-refractivity contribution < 1.29 is 13.2 Å². The van der Waals surface area contributed by atoms with Crippen LogP contribution in [0.5, 0.6) is 0 Å². The van der Waals surface area contributed by atoms with Gasteiger partial charge in [-0.25, -0.2) is 0 Å². The lowest BCUT2D eigenvalue weighted by Crippen LogP contribution is -2.11. The molecule has 0 saturated heterocycles. The van der Waals surface area contributed by atoms with Gasteiger partial charge in [-0.2, -0.15) is 18.4 Å². The summed E-state index contributed by atoms with van der Waals surface area (Å²) in [6.07, 6.45) is -4.14. The third-order valence-corrected chi connectivity index (χ3v) is 1.38. The van der Waals surface area contributed by atoms with Gasteiger partial charge in [0.15, 0.2) is 0 Å². The molecule has 0 unspecified atom stereocenters. The molecule has 0 radical (unpaired) electrons. The first kappa shape index (κ1) is 6.40. The fourth-order valence-corrected chi connectivity index (χ4v) is 0.699. The van der Waals surface area contributed by atoms with Crippen LogP contribution in [-0.4, -0.2) is 6.18 Å². The van der Waals surface area contributed by atoms with E-state index in [1.165, 1.54) is 0 Å². The topological polar surface area (TPSA) is 23.8 Å². The van der Waals surface area contributed by atoms with Crippen LogP contribution in [-0.2, 0) is 0 Å². The van der Waals surface area contributed by atoms with Crippen molar-refractivity contribution in [1.82, 2.24) is 0 Å². The number of nitriles is 1. The van der Waals surface area contributed by atoms with Crippen molar-refractivity contribution in [2.75, 3.05) is 0 Å². The Kier molecular flexibility index (Phi) is 1.16. The Morgan fingerprint density at radius 3 is 2.11 bits per heavy atom. The first-order valence-electron chi connectivity index (χ1n) is 2.52. The molecule has 0 heterocycles. The Bertz CT molecular complexity index is 155. The average Bonchev–Trinajstić information content (AvgIpc) is 2.39. The van der Waals surface area contributed by atoms with E-state index in [9.17, 15) is 13.2 Å². The van der Waals surface area contributed by atoms with E-state index in [1.807, 2.05) is 0 Å². The summed E-state index contributed by atoms with van der Waals surface area (Å²) >= 11 is 0. The van der Waals surface area contributed by atoms with Crippen molar-refractivity contribution in [3.63, 3.8) is 0 Å². The van der Waals surface area contributed by atoms with Crippen LogP contribution in [0.25, 0.3) is 0 Å². The zero-order valence-electron chi connectivity index (χ0n) is 4.44. The fourth-order valence-electron chi connectivity index (χ4n) is 0.699. The molecular formula is C5H4F3N. The van der Waals surface area contributed by atoms with Crippen molar-refractivity contribution in [3.05, 3.63) is 0 Å². The van der Waals surface area contributed by atoms with Gasteiger partial charge >= 0.3 is 6.18 Å². The third kappa shape index (κ3) is 1.15. The molecule has 0 aliphatic heterocycles. The second kappa shape index (κ2) is 1.63. The zero-order valence-corrected chi connectivity index (χ0v) is 4.44. The predicted molar refractivity (Wildman–Crippen MR) is 23.3 cm³/mol. The summed E-state index contributed by atoms with van der Waals surface area (Å²) in [7, 11) is 0. The maximum Gasteiger partial charge on any atom is 0.393 e. The van der Waals surface area contributed by atoms with Gasteiger partial charge in [0.25, 0.3) is 0 Å². The highest BCUT2D eigenvalue weighted by molar-refractivity contribution is 5.04. The molecule has 0 aromatic heterocycles. The van der Waals surface area contributed by atoms with E-state index in [0.717, 1.165) is 0 Å². The van der Waals surface area contributed by atoms with Gasteiger partial charge in [-0.05, 0) is 6.42 Å². The number of hydrogen-bond acceptors (Lipinski definition) is 1. The molecule has 1 rings (SSSR count). The summed E-state index contributed by atoms with van der Waals surface area (Å²) in [4.78, 5) is 0. The van der Waals surface area contributed by atoms with Crippen LogP contribution in [0.1, 0.15) is 6.42 Å². The van der Waals surface area contributed by atoms with Gasteiger partial charge in [0.2, 0.25) is 0 Å². The maximum atomic E-state index is 11.5. The van der Waals surface area contributed by atoms with Gasteiger partial charge in [-0.15, -0.1) is 0 Å². The highest BCUT2D eigenvalue weighted by Gasteiger charge is 2.56.